The maximum Gasteiger partial charge on any atom is 0.159 e. The van der Waals surface area contributed by atoms with Crippen LogP contribution in [0.1, 0.15) is 63.5 Å². The van der Waals surface area contributed by atoms with E-state index in [1.165, 1.54) is 31.1 Å². The summed E-state index contributed by atoms with van der Waals surface area (Å²) in [6.07, 6.45) is 7.79. The normalized spacial score (nSPS) is 12.0. The highest BCUT2D eigenvalue weighted by Gasteiger charge is 2.22. The van der Waals surface area contributed by atoms with Gasteiger partial charge in [-0.15, -0.1) is 0 Å². The lowest BCUT2D eigenvalue weighted by Gasteiger charge is -2.21. The van der Waals surface area contributed by atoms with E-state index in [9.17, 15) is 4.79 Å². The van der Waals surface area contributed by atoms with Crippen LogP contribution in [0.5, 0.6) is 0 Å². The number of fused-ring (bicyclic) bond motifs is 1. The predicted octanol–water partition coefficient (Wildman–Crippen LogP) is 7.31. The maximum absolute atomic E-state index is 13.2. The molecule has 0 bridgehead atoms. The second-order valence-electron chi connectivity index (χ2n) is 7.50. The SMILES string of the molecule is CCCCCCCCC(=O)C(Nc1ccccc1)c1cccc2ccccc12. The smallest absolute Gasteiger partial charge is 0.159 e. The van der Waals surface area contributed by atoms with Crippen molar-refractivity contribution in [2.45, 2.75) is 57.9 Å². The van der Waals surface area contributed by atoms with Crippen LogP contribution in [0.25, 0.3) is 10.8 Å². The lowest BCUT2D eigenvalue weighted by atomic mass is 9.93. The highest BCUT2D eigenvalue weighted by Crippen LogP contribution is 2.29. The molecule has 0 fully saturated rings. The number of carbonyl (C=O) groups excluding carboxylic acids is 1. The van der Waals surface area contributed by atoms with Crippen molar-refractivity contribution in [3.05, 3.63) is 78.4 Å². The number of ketones is 1. The minimum Gasteiger partial charge on any atom is -0.372 e. The first-order valence-electron chi connectivity index (χ1n) is 10.6. The second kappa shape index (κ2) is 10.7. The number of nitrogens with one attached hydrogen (secondary N) is 1. The highest BCUT2D eigenvalue weighted by atomic mass is 16.1. The van der Waals surface area contributed by atoms with E-state index in [1.54, 1.807) is 0 Å². The third-order valence-corrected chi connectivity index (χ3v) is 5.32. The van der Waals surface area contributed by atoms with Crippen molar-refractivity contribution < 1.29 is 4.79 Å². The molecule has 1 N–H and O–H groups in total. The summed E-state index contributed by atoms with van der Waals surface area (Å²) in [6.45, 7) is 2.23. The number of anilines is 1. The van der Waals surface area contributed by atoms with E-state index in [-0.39, 0.29) is 11.8 Å². The zero-order valence-electron chi connectivity index (χ0n) is 16.9. The highest BCUT2D eigenvalue weighted by molar-refractivity contribution is 5.95. The van der Waals surface area contributed by atoms with Crippen molar-refractivity contribution in [1.82, 2.24) is 0 Å². The molecular weight excluding hydrogens is 342 g/mol. The van der Waals surface area contributed by atoms with Crippen LogP contribution in [0.3, 0.4) is 0 Å². The fourth-order valence-corrected chi connectivity index (χ4v) is 3.76. The van der Waals surface area contributed by atoms with Gasteiger partial charge in [0.2, 0.25) is 0 Å². The molecule has 28 heavy (non-hydrogen) atoms. The monoisotopic (exact) mass is 373 g/mol. The van der Waals surface area contributed by atoms with Crippen molar-refractivity contribution in [3.63, 3.8) is 0 Å². The number of benzene rings is 3. The Balaban J connectivity index is 1.78. The van der Waals surface area contributed by atoms with E-state index in [0.29, 0.717) is 6.42 Å². The Kier molecular flexibility index (Phi) is 7.66. The molecule has 3 aromatic carbocycles. The molecule has 0 amide bonds. The molecule has 0 radical (unpaired) electrons. The lowest BCUT2D eigenvalue weighted by Crippen LogP contribution is -2.21. The van der Waals surface area contributed by atoms with Crippen LogP contribution in [-0.4, -0.2) is 5.78 Å². The van der Waals surface area contributed by atoms with Gasteiger partial charge in [0.15, 0.2) is 5.78 Å². The molecule has 2 heteroatoms. The van der Waals surface area contributed by atoms with Crippen molar-refractivity contribution in [2.75, 3.05) is 5.32 Å². The van der Waals surface area contributed by atoms with Crippen LogP contribution < -0.4 is 5.32 Å². The van der Waals surface area contributed by atoms with Crippen LogP contribution in [0.4, 0.5) is 5.69 Å². The minimum absolute atomic E-state index is 0.274. The molecule has 3 rings (SSSR count). The largest absolute Gasteiger partial charge is 0.372 e. The number of Topliss-reactive ketones (excluding diaryl/α,β-unsaturated/α-hetero) is 1. The molecule has 0 heterocycles. The average molecular weight is 374 g/mol. The van der Waals surface area contributed by atoms with Gasteiger partial charge < -0.3 is 5.32 Å². The third kappa shape index (κ3) is 5.45. The summed E-state index contributed by atoms with van der Waals surface area (Å²) in [4.78, 5) is 13.2. The van der Waals surface area contributed by atoms with Crippen LogP contribution in [0.15, 0.2) is 72.8 Å². The molecule has 2 nitrogen and oxygen atoms in total. The Hall–Kier alpha value is -2.61. The molecule has 0 saturated carbocycles. The fraction of sp³-hybridized carbons (Fsp3) is 0.346. The number of para-hydroxylation sites is 1. The van der Waals surface area contributed by atoms with Crippen molar-refractivity contribution >= 4 is 22.2 Å². The Morgan fingerprint density at radius 3 is 2.29 bits per heavy atom. The fourth-order valence-electron chi connectivity index (χ4n) is 3.76. The lowest BCUT2D eigenvalue weighted by molar-refractivity contribution is -0.120. The molecule has 0 aliphatic carbocycles. The molecule has 0 saturated heterocycles. The molecule has 0 spiro atoms. The molecule has 1 atom stereocenters. The molecule has 0 aliphatic rings. The van der Waals surface area contributed by atoms with E-state index in [0.717, 1.165) is 29.5 Å². The van der Waals surface area contributed by atoms with Crippen LogP contribution in [0.2, 0.25) is 0 Å². The zero-order valence-corrected chi connectivity index (χ0v) is 16.9. The summed E-state index contributed by atoms with van der Waals surface area (Å²) < 4.78 is 0. The van der Waals surface area contributed by atoms with Gasteiger partial charge in [-0.3, -0.25) is 4.79 Å². The Bertz CT molecular complexity index is 866. The molecular formula is C26H31NO. The van der Waals surface area contributed by atoms with Gasteiger partial charge in [-0.1, -0.05) is 99.7 Å². The van der Waals surface area contributed by atoms with E-state index < -0.39 is 0 Å². The van der Waals surface area contributed by atoms with E-state index in [4.69, 9.17) is 0 Å². The van der Waals surface area contributed by atoms with Crippen LogP contribution >= 0.6 is 0 Å². The molecule has 0 aromatic heterocycles. The van der Waals surface area contributed by atoms with E-state index in [1.807, 2.05) is 42.5 Å². The summed E-state index contributed by atoms with van der Waals surface area (Å²) in [5, 5.41) is 5.82. The third-order valence-electron chi connectivity index (χ3n) is 5.32. The maximum atomic E-state index is 13.2. The van der Waals surface area contributed by atoms with Gasteiger partial charge in [0, 0.05) is 12.1 Å². The standard InChI is InChI=1S/C26H31NO/c1-2-3-4-5-6-10-20-25(28)26(27-22-16-8-7-9-17-22)24-19-13-15-21-14-11-12-18-23(21)24/h7-9,11-19,26-27H,2-6,10,20H2,1H3. The molecule has 0 aliphatic heterocycles. The molecule has 3 aromatic rings. The van der Waals surface area contributed by atoms with Gasteiger partial charge >= 0.3 is 0 Å². The second-order valence-corrected chi connectivity index (χ2v) is 7.50. The van der Waals surface area contributed by atoms with E-state index in [2.05, 4.69) is 42.6 Å². The van der Waals surface area contributed by atoms with Crippen LogP contribution in [0, 0.1) is 0 Å². The predicted molar refractivity (Wildman–Crippen MR) is 120 cm³/mol. The summed E-state index contributed by atoms with van der Waals surface area (Å²) in [5.74, 6) is 0.274. The van der Waals surface area contributed by atoms with Gasteiger partial charge in [-0.25, -0.2) is 0 Å². The van der Waals surface area contributed by atoms with Gasteiger partial charge in [-0.05, 0) is 34.9 Å². The quantitative estimate of drug-likeness (QED) is 0.357. The summed E-state index contributed by atoms with van der Waals surface area (Å²) in [5.41, 5.74) is 2.05. The number of hydrogen-bond acceptors (Lipinski definition) is 2. The van der Waals surface area contributed by atoms with Crippen molar-refractivity contribution in [3.8, 4) is 0 Å². The Morgan fingerprint density at radius 2 is 1.46 bits per heavy atom. The van der Waals surface area contributed by atoms with Gasteiger partial charge in [0.05, 0.1) is 0 Å². The Labute approximate surface area is 169 Å². The van der Waals surface area contributed by atoms with Gasteiger partial charge in [-0.2, -0.15) is 0 Å². The minimum atomic E-state index is -0.316. The summed E-state index contributed by atoms with van der Waals surface area (Å²) >= 11 is 0. The van der Waals surface area contributed by atoms with Crippen molar-refractivity contribution in [1.29, 1.82) is 0 Å². The molecule has 146 valence electrons. The number of carbonyl (C=O) groups is 1. The van der Waals surface area contributed by atoms with Gasteiger partial charge in [0.25, 0.3) is 0 Å². The first-order valence-corrected chi connectivity index (χ1v) is 10.6. The van der Waals surface area contributed by atoms with Gasteiger partial charge in [0.1, 0.15) is 6.04 Å². The number of unbranched alkanes of at least 4 members (excludes halogenated alkanes) is 5. The zero-order chi connectivity index (χ0) is 19.6. The van der Waals surface area contributed by atoms with Crippen molar-refractivity contribution in [2.24, 2.45) is 0 Å². The van der Waals surface area contributed by atoms with E-state index >= 15 is 0 Å². The Morgan fingerprint density at radius 1 is 0.786 bits per heavy atom. The number of rotatable bonds is 11. The average Bonchev–Trinajstić information content (AvgIpc) is 2.75. The first-order chi connectivity index (χ1) is 13.8. The topological polar surface area (TPSA) is 29.1 Å². The molecule has 1 unspecified atom stereocenters. The van der Waals surface area contributed by atoms with Crippen LogP contribution in [-0.2, 0) is 4.79 Å². The first kappa shape index (κ1) is 20.1. The summed E-state index contributed by atoms with van der Waals surface area (Å²) in [7, 11) is 0. The number of hydrogen-bond donors (Lipinski definition) is 1. The summed E-state index contributed by atoms with van der Waals surface area (Å²) in [6, 6.07) is 24.3.